The molecule has 0 saturated heterocycles. The molecule has 4 nitrogen and oxygen atoms in total. The van der Waals surface area contributed by atoms with Crippen molar-refractivity contribution in [3.63, 3.8) is 0 Å². The number of nitriles is 1. The highest BCUT2D eigenvalue weighted by molar-refractivity contribution is 6.30. The molecule has 0 unspecified atom stereocenters. The van der Waals surface area contributed by atoms with Gasteiger partial charge < -0.3 is 15.4 Å². The third kappa shape index (κ3) is 2.71. The summed E-state index contributed by atoms with van der Waals surface area (Å²) in [5.74, 6) is 0.570. The van der Waals surface area contributed by atoms with Crippen LogP contribution >= 0.6 is 11.6 Å². The highest BCUT2D eigenvalue weighted by Crippen LogP contribution is 2.43. The van der Waals surface area contributed by atoms with Crippen LogP contribution in [0.15, 0.2) is 53.9 Å². The summed E-state index contributed by atoms with van der Waals surface area (Å²) in [6.07, 6.45) is 0. The molecular weight excluding hydrogens is 310 g/mol. The van der Waals surface area contributed by atoms with Gasteiger partial charge in [-0.25, -0.2) is 0 Å². The molecule has 2 aromatic carbocycles. The van der Waals surface area contributed by atoms with Gasteiger partial charge in [0, 0.05) is 36.4 Å². The van der Waals surface area contributed by atoms with E-state index in [1.54, 1.807) is 0 Å². The summed E-state index contributed by atoms with van der Waals surface area (Å²) in [4.78, 5) is 1.99. The molecule has 1 atom stereocenters. The summed E-state index contributed by atoms with van der Waals surface area (Å²) >= 11 is 5.97. The predicted molar refractivity (Wildman–Crippen MR) is 91.5 cm³/mol. The average Bonchev–Trinajstić information content (AvgIpc) is 2.53. The van der Waals surface area contributed by atoms with E-state index >= 15 is 0 Å². The zero-order valence-electron chi connectivity index (χ0n) is 12.9. The van der Waals surface area contributed by atoms with Crippen molar-refractivity contribution in [1.82, 2.24) is 0 Å². The van der Waals surface area contributed by atoms with Crippen molar-refractivity contribution in [3.05, 3.63) is 70.1 Å². The molecule has 0 aliphatic carbocycles. The van der Waals surface area contributed by atoms with Gasteiger partial charge in [0.25, 0.3) is 0 Å². The van der Waals surface area contributed by atoms with Crippen LogP contribution in [0.5, 0.6) is 5.75 Å². The number of allylic oxidation sites excluding steroid dienone is 1. The maximum absolute atomic E-state index is 9.51. The maximum atomic E-state index is 9.51. The molecule has 116 valence electrons. The van der Waals surface area contributed by atoms with Crippen LogP contribution in [0.2, 0.25) is 5.02 Å². The van der Waals surface area contributed by atoms with Gasteiger partial charge in [0.2, 0.25) is 5.88 Å². The second kappa shape index (κ2) is 5.86. The minimum Gasteiger partial charge on any atom is -0.440 e. The standard InChI is InChI=1S/C18H16ClN3O/c1-22(2)13-7-8-14-16(9-13)23-18(21)15(10-20)17(14)11-3-5-12(19)6-4-11/h3-9,17H,21H2,1-2H3/t17-/m0/s1. The molecule has 0 saturated carbocycles. The van der Waals surface area contributed by atoms with Crippen LogP contribution < -0.4 is 15.4 Å². The molecule has 0 spiro atoms. The molecule has 1 heterocycles. The lowest BCUT2D eigenvalue weighted by Crippen LogP contribution is -2.21. The van der Waals surface area contributed by atoms with E-state index in [1.165, 1.54) is 0 Å². The average molecular weight is 326 g/mol. The third-order valence-corrected chi connectivity index (χ3v) is 4.17. The van der Waals surface area contributed by atoms with Gasteiger partial charge in [0.15, 0.2) is 0 Å². The molecule has 1 aliphatic rings. The minimum absolute atomic E-state index is 0.149. The molecule has 0 bridgehead atoms. The number of nitrogens with zero attached hydrogens (tertiary/aromatic N) is 2. The van der Waals surface area contributed by atoms with Crippen molar-refractivity contribution in [3.8, 4) is 11.8 Å². The Labute approximate surface area is 140 Å². The lowest BCUT2D eigenvalue weighted by molar-refractivity contribution is 0.394. The van der Waals surface area contributed by atoms with Crippen LogP contribution in [0, 0.1) is 11.3 Å². The summed E-state index contributed by atoms with van der Waals surface area (Å²) < 4.78 is 5.68. The number of rotatable bonds is 2. The van der Waals surface area contributed by atoms with E-state index in [0.29, 0.717) is 16.3 Å². The van der Waals surface area contributed by atoms with E-state index in [0.717, 1.165) is 16.8 Å². The summed E-state index contributed by atoms with van der Waals surface area (Å²) in [5, 5.41) is 10.2. The van der Waals surface area contributed by atoms with E-state index in [2.05, 4.69) is 6.07 Å². The van der Waals surface area contributed by atoms with E-state index < -0.39 is 0 Å². The summed E-state index contributed by atoms with van der Waals surface area (Å²) in [7, 11) is 3.92. The number of nitrogens with two attached hydrogens (primary N) is 1. The SMILES string of the molecule is CN(C)c1ccc2c(c1)OC(N)=C(C#N)[C@H]2c1ccc(Cl)cc1. The van der Waals surface area contributed by atoms with Crippen LogP contribution in [-0.2, 0) is 0 Å². The van der Waals surface area contributed by atoms with E-state index in [1.807, 2.05) is 61.5 Å². The number of benzene rings is 2. The Morgan fingerprint density at radius 3 is 2.48 bits per heavy atom. The Balaban J connectivity index is 2.17. The van der Waals surface area contributed by atoms with Gasteiger partial charge >= 0.3 is 0 Å². The van der Waals surface area contributed by atoms with E-state index in [9.17, 15) is 5.26 Å². The third-order valence-electron chi connectivity index (χ3n) is 3.92. The second-order valence-corrected chi connectivity index (χ2v) is 6.03. The van der Waals surface area contributed by atoms with Crippen molar-refractivity contribution in [2.24, 2.45) is 5.73 Å². The zero-order chi connectivity index (χ0) is 16.6. The Morgan fingerprint density at radius 2 is 1.87 bits per heavy atom. The Hall–Kier alpha value is -2.64. The van der Waals surface area contributed by atoms with Crippen LogP contribution in [0.3, 0.4) is 0 Å². The highest BCUT2D eigenvalue weighted by atomic mass is 35.5. The molecule has 2 N–H and O–H groups in total. The second-order valence-electron chi connectivity index (χ2n) is 5.59. The lowest BCUT2D eigenvalue weighted by atomic mass is 9.83. The van der Waals surface area contributed by atoms with Crippen molar-refractivity contribution in [1.29, 1.82) is 5.26 Å². The van der Waals surface area contributed by atoms with E-state index in [-0.39, 0.29) is 11.8 Å². The molecule has 3 rings (SSSR count). The molecule has 0 radical (unpaired) electrons. The Kier molecular flexibility index (Phi) is 3.89. The first kappa shape index (κ1) is 15.3. The van der Waals surface area contributed by atoms with Gasteiger partial charge in [-0.3, -0.25) is 0 Å². The number of ether oxygens (including phenoxy) is 1. The van der Waals surface area contributed by atoms with Crippen molar-refractivity contribution < 1.29 is 4.74 Å². The molecule has 23 heavy (non-hydrogen) atoms. The Bertz CT molecular complexity index is 819. The molecule has 1 aliphatic heterocycles. The van der Waals surface area contributed by atoms with Crippen LogP contribution in [-0.4, -0.2) is 14.1 Å². The van der Waals surface area contributed by atoms with Crippen LogP contribution in [0.4, 0.5) is 5.69 Å². The molecule has 0 fully saturated rings. The first-order valence-electron chi connectivity index (χ1n) is 7.15. The number of hydrogen-bond donors (Lipinski definition) is 1. The van der Waals surface area contributed by atoms with Crippen molar-refractivity contribution in [2.45, 2.75) is 5.92 Å². The van der Waals surface area contributed by atoms with Gasteiger partial charge in [-0.2, -0.15) is 5.26 Å². The summed E-state index contributed by atoms with van der Waals surface area (Å²) in [6, 6.07) is 15.5. The molecule has 5 heteroatoms. The number of halogens is 1. The highest BCUT2D eigenvalue weighted by Gasteiger charge is 2.30. The molecule has 2 aromatic rings. The predicted octanol–water partition coefficient (Wildman–Crippen LogP) is 3.62. The van der Waals surface area contributed by atoms with Gasteiger partial charge in [-0.15, -0.1) is 0 Å². The number of hydrogen-bond acceptors (Lipinski definition) is 4. The number of fused-ring (bicyclic) bond motifs is 1. The van der Waals surface area contributed by atoms with Gasteiger partial charge in [-0.1, -0.05) is 29.8 Å². The van der Waals surface area contributed by atoms with Gasteiger partial charge in [0.1, 0.15) is 17.4 Å². The Morgan fingerprint density at radius 1 is 1.17 bits per heavy atom. The maximum Gasteiger partial charge on any atom is 0.205 e. The summed E-state index contributed by atoms with van der Waals surface area (Å²) in [5.41, 5.74) is 9.28. The van der Waals surface area contributed by atoms with Gasteiger partial charge in [0.05, 0.1) is 5.92 Å². The smallest absolute Gasteiger partial charge is 0.205 e. The van der Waals surface area contributed by atoms with Gasteiger partial charge in [-0.05, 0) is 23.8 Å². The first-order valence-corrected chi connectivity index (χ1v) is 7.53. The fourth-order valence-corrected chi connectivity index (χ4v) is 2.85. The summed E-state index contributed by atoms with van der Waals surface area (Å²) in [6.45, 7) is 0. The lowest BCUT2D eigenvalue weighted by Gasteiger charge is -2.27. The quantitative estimate of drug-likeness (QED) is 0.916. The first-order chi connectivity index (χ1) is 11.0. The molecule has 0 aromatic heterocycles. The largest absolute Gasteiger partial charge is 0.440 e. The normalized spacial score (nSPS) is 16.3. The van der Waals surface area contributed by atoms with Crippen LogP contribution in [0.1, 0.15) is 17.0 Å². The monoisotopic (exact) mass is 325 g/mol. The fourth-order valence-electron chi connectivity index (χ4n) is 2.72. The molecular formula is C18H16ClN3O. The zero-order valence-corrected chi connectivity index (χ0v) is 13.6. The van der Waals surface area contributed by atoms with Crippen molar-refractivity contribution in [2.75, 3.05) is 19.0 Å². The van der Waals surface area contributed by atoms with E-state index in [4.69, 9.17) is 22.1 Å². The minimum atomic E-state index is -0.253. The number of anilines is 1. The van der Waals surface area contributed by atoms with Crippen LogP contribution in [0.25, 0.3) is 0 Å². The fraction of sp³-hybridized carbons (Fsp3) is 0.167. The molecule has 0 amide bonds. The topological polar surface area (TPSA) is 62.3 Å². The van der Waals surface area contributed by atoms with Crippen molar-refractivity contribution >= 4 is 17.3 Å².